The van der Waals surface area contributed by atoms with Crippen LogP contribution in [0.15, 0.2) is 18.2 Å². The topological polar surface area (TPSA) is 12.0 Å². The second-order valence-electron chi connectivity index (χ2n) is 6.91. The van der Waals surface area contributed by atoms with E-state index in [1.807, 2.05) is 0 Å². The van der Waals surface area contributed by atoms with Crippen molar-refractivity contribution in [3.05, 3.63) is 34.9 Å². The summed E-state index contributed by atoms with van der Waals surface area (Å²) in [5.74, 6) is 0.998. The van der Waals surface area contributed by atoms with Gasteiger partial charge in [-0.15, -0.1) is 0 Å². The summed E-state index contributed by atoms with van der Waals surface area (Å²) in [6.07, 6.45) is 11.3. The largest absolute Gasteiger partial charge is 0.314 e. The molecular formula is C20H33N. The molecule has 1 fully saturated rings. The molecule has 1 aromatic rings. The Hall–Kier alpha value is -0.820. The van der Waals surface area contributed by atoms with Crippen molar-refractivity contribution in [2.24, 2.45) is 5.92 Å². The molecule has 1 heteroatoms. The van der Waals surface area contributed by atoms with Gasteiger partial charge in [-0.25, -0.2) is 0 Å². The zero-order chi connectivity index (χ0) is 15.1. The van der Waals surface area contributed by atoms with Gasteiger partial charge in [0.05, 0.1) is 0 Å². The minimum absolute atomic E-state index is 0.650. The zero-order valence-corrected chi connectivity index (χ0v) is 14.3. The zero-order valence-electron chi connectivity index (χ0n) is 14.3. The highest BCUT2D eigenvalue weighted by Crippen LogP contribution is 2.28. The molecule has 0 amide bonds. The molecule has 0 spiro atoms. The third kappa shape index (κ3) is 5.14. The first-order chi connectivity index (χ1) is 10.2. The number of nitrogens with one attached hydrogen (secondary N) is 1. The molecule has 1 nitrogen and oxygen atoms in total. The van der Waals surface area contributed by atoms with E-state index in [0.717, 1.165) is 12.5 Å². The lowest BCUT2D eigenvalue weighted by Gasteiger charge is -2.25. The lowest BCUT2D eigenvalue weighted by molar-refractivity contribution is 0.313. The van der Waals surface area contributed by atoms with Crippen molar-refractivity contribution in [2.75, 3.05) is 6.54 Å². The van der Waals surface area contributed by atoms with Gasteiger partial charge in [-0.2, -0.15) is 0 Å². The fourth-order valence-corrected chi connectivity index (χ4v) is 3.90. The van der Waals surface area contributed by atoms with Crippen molar-refractivity contribution in [1.82, 2.24) is 5.32 Å². The first kappa shape index (κ1) is 16.5. The molecule has 0 aliphatic heterocycles. The summed E-state index contributed by atoms with van der Waals surface area (Å²) in [6.45, 7) is 7.83. The fraction of sp³-hybridized carbons (Fsp3) is 0.700. The van der Waals surface area contributed by atoms with Crippen LogP contribution in [0.5, 0.6) is 0 Å². The Morgan fingerprint density at radius 1 is 1.10 bits per heavy atom. The number of aryl methyl sites for hydroxylation is 2. The molecule has 0 bridgehead atoms. The highest BCUT2D eigenvalue weighted by Gasteiger charge is 2.17. The second kappa shape index (κ2) is 8.58. The average molecular weight is 287 g/mol. The van der Waals surface area contributed by atoms with E-state index in [1.165, 1.54) is 62.5 Å². The SMILES string of the molecule is CCNC(CCC1CCCCC1)Cc1c(C)cccc1C. The van der Waals surface area contributed by atoms with Crippen LogP contribution in [-0.2, 0) is 6.42 Å². The van der Waals surface area contributed by atoms with Gasteiger partial charge >= 0.3 is 0 Å². The summed E-state index contributed by atoms with van der Waals surface area (Å²) >= 11 is 0. The van der Waals surface area contributed by atoms with Gasteiger partial charge in [0, 0.05) is 6.04 Å². The van der Waals surface area contributed by atoms with E-state index in [0.29, 0.717) is 6.04 Å². The third-order valence-electron chi connectivity index (χ3n) is 5.24. The quantitative estimate of drug-likeness (QED) is 0.728. The number of hydrogen-bond donors (Lipinski definition) is 1. The predicted octanol–water partition coefficient (Wildman–Crippen LogP) is 5.18. The molecule has 1 aliphatic rings. The molecule has 1 aromatic carbocycles. The maximum atomic E-state index is 3.73. The maximum Gasteiger partial charge on any atom is 0.0108 e. The Kier molecular flexibility index (Phi) is 6.76. The highest BCUT2D eigenvalue weighted by atomic mass is 14.9. The van der Waals surface area contributed by atoms with E-state index in [2.05, 4.69) is 44.3 Å². The van der Waals surface area contributed by atoms with Gasteiger partial charge in [0.25, 0.3) is 0 Å². The third-order valence-corrected chi connectivity index (χ3v) is 5.24. The van der Waals surface area contributed by atoms with Crippen LogP contribution in [-0.4, -0.2) is 12.6 Å². The maximum absolute atomic E-state index is 3.73. The van der Waals surface area contributed by atoms with Crippen LogP contribution < -0.4 is 5.32 Å². The number of benzene rings is 1. The van der Waals surface area contributed by atoms with Gasteiger partial charge in [0.15, 0.2) is 0 Å². The summed E-state index contributed by atoms with van der Waals surface area (Å²) in [5, 5.41) is 3.73. The van der Waals surface area contributed by atoms with Gasteiger partial charge in [-0.05, 0) is 62.3 Å². The van der Waals surface area contributed by atoms with Crippen LogP contribution >= 0.6 is 0 Å². The molecule has 1 saturated carbocycles. The molecule has 0 saturated heterocycles. The number of rotatable bonds is 7. The minimum Gasteiger partial charge on any atom is -0.314 e. The molecule has 0 aromatic heterocycles. The lowest BCUT2D eigenvalue weighted by Crippen LogP contribution is -2.32. The van der Waals surface area contributed by atoms with Gasteiger partial charge < -0.3 is 5.32 Å². The summed E-state index contributed by atoms with van der Waals surface area (Å²) in [4.78, 5) is 0. The number of likely N-dealkylation sites (N-methyl/N-ethyl adjacent to an activating group) is 1. The molecule has 2 rings (SSSR count). The molecular weight excluding hydrogens is 254 g/mol. The Morgan fingerprint density at radius 3 is 2.38 bits per heavy atom. The molecule has 1 N–H and O–H groups in total. The van der Waals surface area contributed by atoms with E-state index in [9.17, 15) is 0 Å². The van der Waals surface area contributed by atoms with Crippen molar-refractivity contribution in [1.29, 1.82) is 0 Å². The summed E-state index contributed by atoms with van der Waals surface area (Å²) in [5.41, 5.74) is 4.47. The van der Waals surface area contributed by atoms with E-state index in [4.69, 9.17) is 0 Å². The average Bonchev–Trinajstić information content (AvgIpc) is 2.49. The fourth-order valence-electron chi connectivity index (χ4n) is 3.90. The van der Waals surface area contributed by atoms with Crippen LogP contribution in [0.2, 0.25) is 0 Å². The second-order valence-corrected chi connectivity index (χ2v) is 6.91. The Balaban J connectivity index is 1.91. The van der Waals surface area contributed by atoms with Crippen molar-refractivity contribution in [3.63, 3.8) is 0 Å². The molecule has 118 valence electrons. The molecule has 0 radical (unpaired) electrons. The van der Waals surface area contributed by atoms with Gasteiger partial charge in [0.2, 0.25) is 0 Å². The smallest absolute Gasteiger partial charge is 0.0108 e. The van der Waals surface area contributed by atoms with Gasteiger partial charge in [-0.1, -0.05) is 57.2 Å². The lowest BCUT2D eigenvalue weighted by atomic mass is 9.84. The van der Waals surface area contributed by atoms with Gasteiger partial charge in [-0.3, -0.25) is 0 Å². The molecule has 1 unspecified atom stereocenters. The number of hydrogen-bond acceptors (Lipinski definition) is 1. The van der Waals surface area contributed by atoms with Crippen molar-refractivity contribution >= 4 is 0 Å². The summed E-state index contributed by atoms with van der Waals surface area (Å²) in [6, 6.07) is 7.34. The van der Waals surface area contributed by atoms with Gasteiger partial charge in [0.1, 0.15) is 0 Å². The van der Waals surface area contributed by atoms with Crippen molar-refractivity contribution in [2.45, 2.75) is 78.2 Å². The molecule has 1 aliphatic carbocycles. The van der Waals surface area contributed by atoms with Crippen LogP contribution in [0.1, 0.15) is 68.6 Å². The predicted molar refractivity (Wildman–Crippen MR) is 92.9 cm³/mol. The first-order valence-electron chi connectivity index (χ1n) is 8.99. The summed E-state index contributed by atoms with van der Waals surface area (Å²) < 4.78 is 0. The monoisotopic (exact) mass is 287 g/mol. The normalized spacial score (nSPS) is 17.9. The van der Waals surface area contributed by atoms with Crippen LogP contribution in [0, 0.1) is 19.8 Å². The van der Waals surface area contributed by atoms with Crippen molar-refractivity contribution < 1.29 is 0 Å². The molecule has 1 atom stereocenters. The van der Waals surface area contributed by atoms with Crippen molar-refractivity contribution in [3.8, 4) is 0 Å². The van der Waals surface area contributed by atoms with Crippen LogP contribution in [0.3, 0.4) is 0 Å². The van der Waals surface area contributed by atoms with E-state index in [1.54, 1.807) is 5.56 Å². The molecule has 0 heterocycles. The minimum atomic E-state index is 0.650. The van der Waals surface area contributed by atoms with Crippen LogP contribution in [0.25, 0.3) is 0 Å². The van der Waals surface area contributed by atoms with E-state index < -0.39 is 0 Å². The summed E-state index contributed by atoms with van der Waals surface area (Å²) in [7, 11) is 0. The highest BCUT2D eigenvalue weighted by molar-refractivity contribution is 5.34. The standard InChI is InChI=1S/C20H33N/c1-4-21-19(14-13-18-11-6-5-7-12-18)15-20-16(2)9-8-10-17(20)3/h8-10,18-19,21H,4-7,11-15H2,1-3H3. The van der Waals surface area contributed by atoms with E-state index >= 15 is 0 Å². The van der Waals surface area contributed by atoms with E-state index in [-0.39, 0.29) is 0 Å². The molecule has 21 heavy (non-hydrogen) atoms. The Morgan fingerprint density at radius 2 is 1.76 bits per heavy atom. The van der Waals surface area contributed by atoms with Crippen LogP contribution in [0.4, 0.5) is 0 Å². The Labute approximate surface area is 131 Å². The Bertz CT molecular complexity index is 398. The first-order valence-corrected chi connectivity index (χ1v) is 8.99.